The van der Waals surface area contributed by atoms with Gasteiger partial charge in [-0.15, -0.1) is 0 Å². The van der Waals surface area contributed by atoms with Gasteiger partial charge in [0, 0.05) is 36.3 Å². The third kappa shape index (κ3) is 5.19. The predicted molar refractivity (Wildman–Crippen MR) is 83.8 cm³/mol. The average Bonchev–Trinajstić information content (AvgIpc) is 2.39. The molecule has 0 saturated carbocycles. The van der Waals surface area contributed by atoms with Crippen molar-refractivity contribution in [3.05, 3.63) is 22.7 Å². The summed E-state index contributed by atoms with van der Waals surface area (Å²) < 4.78 is 5.15. The normalized spacial score (nSPS) is 11.3. The Kier molecular flexibility index (Phi) is 7.13. The fourth-order valence-corrected chi connectivity index (χ4v) is 2.30. The van der Waals surface area contributed by atoms with Crippen LogP contribution in [0.3, 0.4) is 0 Å². The van der Waals surface area contributed by atoms with E-state index in [0.717, 1.165) is 31.6 Å². The van der Waals surface area contributed by atoms with E-state index in [-0.39, 0.29) is 5.75 Å². The maximum Gasteiger partial charge on any atom is 0.162 e. The molecule has 0 unspecified atom stereocenters. The number of rotatable bonds is 8. The number of halogens is 1. The van der Waals surface area contributed by atoms with Gasteiger partial charge in [0.1, 0.15) is 0 Å². The van der Waals surface area contributed by atoms with E-state index >= 15 is 0 Å². The summed E-state index contributed by atoms with van der Waals surface area (Å²) in [6, 6.07) is 3.43. The van der Waals surface area contributed by atoms with Gasteiger partial charge in [0.2, 0.25) is 0 Å². The fourth-order valence-electron chi connectivity index (χ4n) is 2.07. The first-order valence-electron chi connectivity index (χ1n) is 6.90. The highest BCUT2D eigenvalue weighted by Crippen LogP contribution is 2.34. The molecule has 0 bridgehead atoms. The third-order valence-electron chi connectivity index (χ3n) is 3.14. The number of phenolic OH excluding ortho intramolecular Hbond substituents is 1. The third-order valence-corrected chi connectivity index (χ3v) is 3.35. The molecule has 0 amide bonds. The van der Waals surface area contributed by atoms with Crippen LogP contribution in [0.25, 0.3) is 0 Å². The van der Waals surface area contributed by atoms with E-state index in [0.29, 0.717) is 17.3 Å². The zero-order valence-corrected chi connectivity index (χ0v) is 13.6. The summed E-state index contributed by atoms with van der Waals surface area (Å²) in [5.74, 6) is 0.611. The Labute approximate surface area is 126 Å². The highest BCUT2D eigenvalue weighted by atomic mass is 35.5. The van der Waals surface area contributed by atoms with Crippen LogP contribution in [0.15, 0.2) is 12.1 Å². The fraction of sp³-hybridized carbons (Fsp3) is 0.600. The quantitative estimate of drug-likeness (QED) is 0.801. The van der Waals surface area contributed by atoms with E-state index in [9.17, 15) is 5.11 Å². The molecule has 0 aliphatic carbocycles. The Bertz CT molecular complexity index is 425. The first-order chi connectivity index (χ1) is 9.47. The molecule has 4 nitrogen and oxygen atoms in total. The summed E-state index contributed by atoms with van der Waals surface area (Å²) in [6.45, 7) is 5.75. The SMILES string of the molecule is CCCN(CCN(C)C)Cc1cc(Cl)cc(OC)c1O. The maximum atomic E-state index is 10.2. The number of phenols is 1. The predicted octanol–water partition coefficient (Wildman–Crippen LogP) is 2.83. The van der Waals surface area contributed by atoms with Crippen molar-refractivity contribution in [2.45, 2.75) is 19.9 Å². The van der Waals surface area contributed by atoms with Crippen molar-refractivity contribution in [2.24, 2.45) is 0 Å². The summed E-state index contributed by atoms with van der Waals surface area (Å²) in [5, 5.41) is 10.8. The number of benzene rings is 1. The first kappa shape index (κ1) is 17.1. The van der Waals surface area contributed by atoms with Gasteiger partial charge < -0.3 is 14.7 Å². The van der Waals surface area contributed by atoms with Crippen LogP contribution in [0, 0.1) is 0 Å². The second-order valence-electron chi connectivity index (χ2n) is 5.20. The van der Waals surface area contributed by atoms with Crippen LogP contribution >= 0.6 is 11.6 Å². The Morgan fingerprint density at radius 2 is 1.90 bits per heavy atom. The lowest BCUT2D eigenvalue weighted by molar-refractivity contribution is 0.231. The summed E-state index contributed by atoms with van der Waals surface area (Å²) in [6.07, 6.45) is 1.08. The zero-order chi connectivity index (χ0) is 15.1. The van der Waals surface area contributed by atoms with Crippen molar-refractivity contribution >= 4 is 11.6 Å². The summed E-state index contributed by atoms with van der Waals surface area (Å²) in [5.41, 5.74) is 0.807. The van der Waals surface area contributed by atoms with Gasteiger partial charge in [-0.1, -0.05) is 18.5 Å². The topological polar surface area (TPSA) is 35.9 Å². The zero-order valence-electron chi connectivity index (χ0n) is 12.8. The van der Waals surface area contributed by atoms with Crippen molar-refractivity contribution in [1.29, 1.82) is 0 Å². The number of hydrogen-bond donors (Lipinski definition) is 1. The van der Waals surface area contributed by atoms with Crippen LogP contribution in [0.4, 0.5) is 0 Å². The number of aromatic hydroxyl groups is 1. The molecular formula is C15H25ClN2O2. The smallest absolute Gasteiger partial charge is 0.162 e. The number of methoxy groups -OCH3 is 1. The van der Waals surface area contributed by atoms with Crippen molar-refractivity contribution in [2.75, 3.05) is 40.8 Å². The van der Waals surface area contributed by atoms with Gasteiger partial charge in [0.25, 0.3) is 0 Å². The maximum absolute atomic E-state index is 10.2. The lowest BCUT2D eigenvalue weighted by Crippen LogP contribution is -2.32. The van der Waals surface area contributed by atoms with E-state index in [4.69, 9.17) is 16.3 Å². The molecule has 0 saturated heterocycles. The molecule has 114 valence electrons. The number of ether oxygens (including phenoxy) is 1. The van der Waals surface area contributed by atoms with Crippen molar-refractivity contribution in [3.63, 3.8) is 0 Å². The van der Waals surface area contributed by atoms with Crippen LogP contribution in [0.1, 0.15) is 18.9 Å². The minimum atomic E-state index is 0.183. The molecule has 0 atom stereocenters. The Morgan fingerprint density at radius 1 is 1.20 bits per heavy atom. The van der Waals surface area contributed by atoms with Gasteiger partial charge in [-0.25, -0.2) is 0 Å². The molecule has 1 rings (SSSR count). The van der Waals surface area contributed by atoms with Crippen LogP contribution in [-0.4, -0.2) is 55.7 Å². The molecule has 0 heterocycles. The lowest BCUT2D eigenvalue weighted by Gasteiger charge is -2.24. The minimum absolute atomic E-state index is 0.183. The van der Waals surface area contributed by atoms with Gasteiger partial charge in [-0.2, -0.15) is 0 Å². The second kappa shape index (κ2) is 8.35. The molecule has 1 N–H and O–H groups in total. The summed E-state index contributed by atoms with van der Waals surface area (Å²) in [7, 11) is 5.65. The molecule has 0 radical (unpaired) electrons. The molecule has 5 heteroatoms. The van der Waals surface area contributed by atoms with E-state index in [2.05, 4.69) is 30.8 Å². The molecule has 0 aliphatic rings. The minimum Gasteiger partial charge on any atom is -0.504 e. The van der Waals surface area contributed by atoms with E-state index < -0.39 is 0 Å². The molecule has 0 aromatic heterocycles. The van der Waals surface area contributed by atoms with Gasteiger partial charge in [0.15, 0.2) is 11.5 Å². The van der Waals surface area contributed by atoms with Crippen LogP contribution in [-0.2, 0) is 6.54 Å². The van der Waals surface area contributed by atoms with Crippen LogP contribution in [0.2, 0.25) is 5.02 Å². The summed E-state index contributed by atoms with van der Waals surface area (Å²) in [4.78, 5) is 4.46. The summed E-state index contributed by atoms with van der Waals surface area (Å²) >= 11 is 6.07. The first-order valence-corrected chi connectivity index (χ1v) is 7.28. The molecule has 0 aliphatic heterocycles. The second-order valence-corrected chi connectivity index (χ2v) is 5.63. The van der Waals surface area contributed by atoms with Crippen LogP contribution in [0.5, 0.6) is 11.5 Å². The van der Waals surface area contributed by atoms with Gasteiger partial charge in [-0.3, -0.25) is 4.90 Å². The Hall–Kier alpha value is -0.970. The average molecular weight is 301 g/mol. The number of nitrogens with zero attached hydrogens (tertiary/aromatic N) is 2. The van der Waals surface area contributed by atoms with E-state index in [1.807, 2.05) is 0 Å². The molecule has 0 spiro atoms. The largest absolute Gasteiger partial charge is 0.504 e. The van der Waals surface area contributed by atoms with E-state index in [1.165, 1.54) is 7.11 Å². The Morgan fingerprint density at radius 3 is 2.45 bits per heavy atom. The van der Waals surface area contributed by atoms with Crippen LogP contribution < -0.4 is 4.74 Å². The number of hydrogen-bond acceptors (Lipinski definition) is 4. The monoisotopic (exact) mass is 300 g/mol. The lowest BCUT2D eigenvalue weighted by atomic mass is 10.1. The highest BCUT2D eigenvalue weighted by molar-refractivity contribution is 6.30. The molecule has 20 heavy (non-hydrogen) atoms. The van der Waals surface area contributed by atoms with Gasteiger partial charge in [-0.05, 0) is 33.1 Å². The standard InChI is InChI=1S/C15H25ClN2O2/c1-5-6-18(8-7-17(2)3)11-12-9-13(16)10-14(20-4)15(12)19/h9-10,19H,5-8,11H2,1-4H3. The molecular weight excluding hydrogens is 276 g/mol. The number of likely N-dealkylation sites (N-methyl/N-ethyl adjacent to an activating group) is 1. The molecule has 1 aromatic carbocycles. The van der Waals surface area contributed by atoms with E-state index in [1.54, 1.807) is 12.1 Å². The van der Waals surface area contributed by atoms with Crippen molar-refractivity contribution in [1.82, 2.24) is 9.80 Å². The van der Waals surface area contributed by atoms with Gasteiger partial charge >= 0.3 is 0 Å². The van der Waals surface area contributed by atoms with Crippen molar-refractivity contribution < 1.29 is 9.84 Å². The molecule has 0 fully saturated rings. The Balaban J connectivity index is 2.84. The van der Waals surface area contributed by atoms with Crippen molar-refractivity contribution in [3.8, 4) is 11.5 Å². The van der Waals surface area contributed by atoms with Gasteiger partial charge in [0.05, 0.1) is 7.11 Å². The molecule has 1 aromatic rings. The highest BCUT2D eigenvalue weighted by Gasteiger charge is 2.13.